The second-order valence-corrected chi connectivity index (χ2v) is 4.64. The average molecular weight is 267 g/mol. The number of nitrogens with one attached hydrogen (secondary N) is 1. The highest BCUT2D eigenvalue weighted by Crippen LogP contribution is 2.21. The molecule has 0 saturated carbocycles. The molecule has 1 aromatic rings. The summed E-state index contributed by atoms with van der Waals surface area (Å²) in [5.41, 5.74) is 6.14. The van der Waals surface area contributed by atoms with Crippen molar-refractivity contribution >= 4 is 17.5 Å². The maximum Gasteiger partial charge on any atom is 0.328 e. The molecule has 0 aliphatic carbocycles. The summed E-state index contributed by atoms with van der Waals surface area (Å²) in [4.78, 5) is 15.9. The molecule has 1 rings (SSSR count). The van der Waals surface area contributed by atoms with Crippen molar-refractivity contribution in [3.05, 3.63) is 12.1 Å². The molecule has 1 aromatic heterocycles. The maximum atomic E-state index is 11.7. The highest BCUT2D eigenvalue weighted by molar-refractivity contribution is 5.79. The van der Waals surface area contributed by atoms with Crippen molar-refractivity contribution in [2.45, 2.75) is 26.3 Å². The van der Waals surface area contributed by atoms with Gasteiger partial charge in [0.2, 0.25) is 5.88 Å². The SMILES string of the molecule is COC(=O)C(CC(C)C)Nc1ccc(N)c(OC)n1. The van der Waals surface area contributed by atoms with Gasteiger partial charge in [0.1, 0.15) is 11.9 Å². The monoisotopic (exact) mass is 267 g/mol. The van der Waals surface area contributed by atoms with Crippen LogP contribution >= 0.6 is 0 Å². The number of carbonyl (C=O) groups is 1. The lowest BCUT2D eigenvalue weighted by Gasteiger charge is -2.19. The topological polar surface area (TPSA) is 86.5 Å². The van der Waals surface area contributed by atoms with Crippen LogP contribution in [0.3, 0.4) is 0 Å². The van der Waals surface area contributed by atoms with Gasteiger partial charge in [-0.1, -0.05) is 13.8 Å². The maximum absolute atomic E-state index is 11.7. The largest absolute Gasteiger partial charge is 0.479 e. The van der Waals surface area contributed by atoms with Crippen LogP contribution in [0.5, 0.6) is 5.88 Å². The van der Waals surface area contributed by atoms with Crippen LogP contribution < -0.4 is 15.8 Å². The predicted molar refractivity (Wildman–Crippen MR) is 74.1 cm³/mol. The van der Waals surface area contributed by atoms with Gasteiger partial charge in [-0.15, -0.1) is 0 Å². The molecule has 0 spiro atoms. The van der Waals surface area contributed by atoms with E-state index in [1.54, 1.807) is 12.1 Å². The fraction of sp³-hybridized carbons (Fsp3) is 0.538. The lowest BCUT2D eigenvalue weighted by Crippen LogP contribution is -2.32. The Morgan fingerprint density at radius 3 is 2.63 bits per heavy atom. The third kappa shape index (κ3) is 4.31. The van der Waals surface area contributed by atoms with Crippen LogP contribution in [0, 0.1) is 5.92 Å². The summed E-state index contributed by atoms with van der Waals surface area (Å²) >= 11 is 0. The third-order valence-electron chi connectivity index (χ3n) is 2.60. The van der Waals surface area contributed by atoms with Gasteiger partial charge >= 0.3 is 5.97 Å². The smallest absolute Gasteiger partial charge is 0.328 e. The number of ether oxygens (including phenoxy) is 2. The Hall–Kier alpha value is -1.98. The molecule has 6 nitrogen and oxygen atoms in total. The quantitative estimate of drug-likeness (QED) is 0.762. The van der Waals surface area contributed by atoms with Gasteiger partial charge in [0.05, 0.1) is 19.9 Å². The molecule has 0 aliphatic heterocycles. The predicted octanol–water partition coefficient (Wildman–Crippen LogP) is 1.67. The van der Waals surface area contributed by atoms with Gasteiger partial charge in [0.25, 0.3) is 0 Å². The average Bonchev–Trinajstić information content (AvgIpc) is 2.38. The first-order valence-corrected chi connectivity index (χ1v) is 6.12. The minimum absolute atomic E-state index is 0.314. The van der Waals surface area contributed by atoms with Crippen LogP contribution in [-0.2, 0) is 9.53 Å². The van der Waals surface area contributed by atoms with Crippen LogP contribution in [0.4, 0.5) is 11.5 Å². The summed E-state index contributed by atoms with van der Waals surface area (Å²) in [6.07, 6.45) is 0.654. The number of hydrogen-bond donors (Lipinski definition) is 2. The number of anilines is 2. The van der Waals surface area contributed by atoms with E-state index in [-0.39, 0.29) is 5.97 Å². The molecule has 0 aromatic carbocycles. The fourth-order valence-electron chi connectivity index (χ4n) is 1.70. The molecule has 19 heavy (non-hydrogen) atoms. The minimum Gasteiger partial charge on any atom is -0.479 e. The summed E-state index contributed by atoms with van der Waals surface area (Å²) in [5, 5.41) is 3.04. The van der Waals surface area contributed by atoms with Gasteiger partial charge in [-0.25, -0.2) is 4.79 Å². The summed E-state index contributed by atoms with van der Waals surface area (Å²) in [6, 6.07) is 2.94. The molecule has 3 N–H and O–H groups in total. The summed E-state index contributed by atoms with van der Waals surface area (Å²) in [6.45, 7) is 4.07. The van der Waals surface area contributed by atoms with Crippen molar-refractivity contribution in [1.29, 1.82) is 0 Å². The van der Waals surface area contributed by atoms with Gasteiger partial charge in [0.15, 0.2) is 0 Å². The summed E-state index contributed by atoms with van der Waals surface area (Å²) < 4.78 is 9.82. The second kappa shape index (κ2) is 6.82. The van der Waals surface area contributed by atoms with E-state index in [0.29, 0.717) is 29.7 Å². The van der Waals surface area contributed by atoms with Crippen molar-refractivity contribution in [2.24, 2.45) is 5.92 Å². The summed E-state index contributed by atoms with van der Waals surface area (Å²) in [7, 11) is 2.86. The van der Waals surface area contributed by atoms with E-state index >= 15 is 0 Å². The molecule has 6 heteroatoms. The number of nitrogens with two attached hydrogens (primary N) is 1. The molecule has 0 amide bonds. The molecule has 0 saturated heterocycles. The van der Waals surface area contributed by atoms with Crippen LogP contribution in [0.25, 0.3) is 0 Å². The first-order chi connectivity index (χ1) is 8.97. The van der Waals surface area contributed by atoms with E-state index < -0.39 is 6.04 Å². The molecule has 1 heterocycles. The van der Waals surface area contributed by atoms with E-state index in [2.05, 4.69) is 10.3 Å². The number of nitrogens with zero attached hydrogens (tertiary/aromatic N) is 1. The number of methoxy groups -OCH3 is 2. The lowest BCUT2D eigenvalue weighted by atomic mass is 10.0. The third-order valence-corrected chi connectivity index (χ3v) is 2.60. The van der Waals surface area contributed by atoms with E-state index in [1.807, 2.05) is 13.8 Å². The number of esters is 1. The number of aromatic nitrogens is 1. The minimum atomic E-state index is -0.439. The zero-order chi connectivity index (χ0) is 14.4. The molecule has 0 bridgehead atoms. The summed E-state index contributed by atoms with van der Waals surface area (Å²) in [5.74, 6) is 0.902. The normalized spacial score (nSPS) is 12.1. The molecular weight excluding hydrogens is 246 g/mol. The standard InChI is InChI=1S/C13H21N3O3/c1-8(2)7-10(13(17)19-4)15-11-6-5-9(14)12(16-11)18-3/h5-6,8,10H,7,14H2,1-4H3,(H,15,16). The Labute approximate surface area is 113 Å². The Bertz CT molecular complexity index is 435. The van der Waals surface area contributed by atoms with Gasteiger partial charge in [-0.05, 0) is 24.5 Å². The molecule has 0 fully saturated rings. The molecule has 106 valence electrons. The van der Waals surface area contributed by atoms with Crippen LogP contribution in [0.15, 0.2) is 12.1 Å². The van der Waals surface area contributed by atoms with E-state index in [1.165, 1.54) is 14.2 Å². The van der Waals surface area contributed by atoms with Gasteiger partial charge in [-0.3, -0.25) is 0 Å². The lowest BCUT2D eigenvalue weighted by molar-refractivity contribution is -0.141. The zero-order valence-electron chi connectivity index (χ0n) is 11.8. The second-order valence-electron chi connectivity index (χ2n) is 4.64. The molecule has 0 radical (unpaired) electrons. The Balaban J connectivity index is 2.86. The number of carbonyl (C=O) groups excluding carboxylic acids is 1. The van der Waals surface area contributed by atoms with Gasteiger partial charge in [0, 0.05) is 0 Å². The Morgan fingerprint density at radius 1 is 1.42 bits per heavy atom. The number of nitrogen functional groups attached to an aromatic ring is 1. The van der Waals surface area contributed by atoms with Crippen LogP contribution in [0.1, 0.15) is 20.3 Å². The van der Waals surface area contributed by atoms with Crippen molar-refractivity contribution in [1.82, 2.24) is 4.98 Å². The fourth-order valence-corrected chi connectivity index (χ4v) is 1.70. The van der Waals surface area contributed by atoms with E-state index in [0.717, 1.165) is 0 Å². The first kappa shape index (κ1) is 15.1. The molecule has 1 unspecified atom stereocenters. The van der Waals surface area contributed by atoms with Crippen LogP contribution in [-0.4, -0.2) is 31.2 Å². The number of rotatable bonds is 6. The molecule has 1 atom stereocenters. The number of hydrogen-bond acceptors (Lipinski definition) is 6. The Kier molecular flexibility index (Phi) is 5.41. The zero-order valence-corrected chi connectivity index (χ0v) is 11.8. The van der Waals surface area contributed by atoms with Crippen molar-refractivity contribution in [3.63, 3.8) is 0 Å². The van der Waals surface area contributed by atoms with E-state index in [9.17, 15) is 4.79 Å². The van der Waals surface area contributed by atoms with Crippen molar-refractivity contribution in [3.8, 4) is 5.88 Å². The van der Waals surface area contributed by atoms with Gasteiger partial charge in [-0.2, -0.15) is 4.98 Å². The molecular formula is C13H21N3O3. The van der Waals surface area contributed by atoms with E-state index in [4.69, 9.17) is 15.2 Å². The highest BCUT2D eigenvalue weighted by Gasteiger charge is 2.21. The van der Waals surface area contributed by atoms with Crippen LogP contribution in [0.2, 0.25) is 0 Å². The number of pyridine rings is 1. The first-order valence-electron chi connectivity index (χ1n) is 6.12. The highest BCUT2D eigenvalue weighted by atomic mass is 16.5. The van der Waals surface area contributed by atoms with Crippen molar-refractivity contribution < 1.29 is 14.3 Å². The Morgan fingerprint density at radius 2 is 2.11 bits per heavy atom. The van der Waals surface area contributed by atoms with Gasteiger partial charge < -0.3 is 20.5 Å². The van der Waals surface area contributed by atoms with Crippen molar-refractivity contribution in [2.75, 3.05) is 25.3 Å². The molecule has 0 aliphatic rings.